The molecule has 0 amide bonds. The van der Waals surface area contributed by atoms with Gasteiger partial charge in [0.15, 0.2) is 0 Å². The lowest BCUT2D eigenvalue weighted by Gasteiger charge is -2.14. The van der Waals surface area contributed by atoms with E-state index >= 15 is 0 Å². The fourth-order valence-corrected chi connectivity index (χ4v) is 2.66. The first kappa shape index (κ1) is 14.1. The summed E-state index contributed by atoms with van der Waals surface area (Å²) in [6.45, 7) is 2.25. The fourth-order valence-electron chi connectivity index (χ4n) is 2.66. The maximum Gasteiger partial charge on any atom is 0.0718 e. The monoisotopic (exact) mass is 259 g/mol. The molecule has 0 bridgehead atoms. The first-order valence-corrected chi connectivity index (χ1v) is 7.34. The number of fused-ring (bicyclic) bond motifs is 1. The minimum absolute atomic E-state index is 0.532. The molecule has 1 aromatic carbocycles. The molecule has 0 aliphatic rings. The van der Waals surface area contributed by atoms with Gasteiger partial charge in [-0.25, -0.2) is 0 Å². The van der Waals surface area contributed by atoms with Crippen molar-refractivity contribution < 1.29 is 0 Å². The van der Waals surface area contributed by atoms with Crippen LogP contribution in [0.3, 0.4) is 0 Å². The summed E-state index contributed by atoms with van der Waals surface area (Å²) in [6, 6.07) is 9.02. The molecule has 1 heterocycles. The van der Waals surface area contributed by atoms with E-state index in [2.05, 4.69) is 48.7 Å². The topological polar surface area (TPSA) is 29.9 Å². The number of para-hydroxylation sites is 1. The average molecular weight is 259 g/mol. The highest BCUT2D eigenvalue weighted by Crippen LogP contribution is 2.19. The van der Waals surface area contributed by atoms with Crippen molar-refractivity contribution in [3.05, 3.63) is 30.0 Å². The summed E-state index contributed by atoms with van der Waals surface area (Å²) in [6.07, 6.45) is 6.15. The largest absolute Gasteiger partial charge is 0.317 e. The zero-order valence-electron chi connectivity index (χ0n) is 12.3. The molecule has 0 fully saturated rings. The molecule has 3 heteroatoms. The van der Waals surface area contributed by atoms with Crippen LogP contribution in [0.15, 0.2) is 24.3 Å². The molecule has 0 radical (unpaired) electrons. The summed E-state index contributed by atoms with van der Waals surface area (Å²) in [4.78, 5) is 0. The summed E-state index contributed by atoms with van der Waals surface area (Å²) < 4.78 is 1.99. The first-order chi connectivity index (χ1) is 9.26. The highest BCUT2D eigenvalue weighted by Gasteiger charge is 2.13. The smallest absolute Gasteiger partial charge is 0.0718 e. The summed E-state index contributed by atoms with van der Waals surface area (Å²) in [5.41, 5.74) is 2.44. The van der Waals surface area contributed by atoms with Crippen LogP contribution in [0.25, 0.3) is 10.9 Å². The number of hydrogen-bond acceptors (Lipinski definition) is 2. The van der Waals surface area contributed by atoms with Crippen LogP contribution in [-0.4, -0.2) is 22.9 Å². The van der Waals surface area contributed by atoms with E-state index in [0.717, 1.165) is 6.42 Å². The Labute approximate surface area is 116 Å². The van der Waals surface area contributed by atoms with Gasteiger partial charge in [0.2, 0.25) is 0 Å². The van der Waals surface area contributed by atoms with Crippen molar-refractivity contribution in [2.24, 2.45) is 7.05 Å². The summed E-state index contributed by atoms with van der Waals surface area (Å²) >= 11 is 0. The van der Waals surface area contributed by atoms with Gasteiger partial charge in [0.25, 0.3) is 0 Å². The van der Waals surface area contributed by atoms with E-state index < -0.39 is 0 Å². The Balaban J connectivity index is 2.11. The van der Waals surface area contributed by atoms with Crippen LogP contribution >= 0.6 is 0 Å². The number of rotatable bonds is 7. The zero-order valence-corrected chi connectivity index (χ0v) is 12.3. The van der Waals surface area contributed by atoms with Gasteiger partial charge in [-0.2, -0.15) is 5.10 Å². The Morgan fingerprint density at radius 3 is 2.79 bits per heavy atom. The molecule has 2 rings (SSSR count). The van der Waals surface area contributed by atoms with E-state index in [1.54, 1.807) is 0 Å². The molecule has 104 valence electrons. The molecule has 3 nitrogen and oxygen atoms in total. The van der Waals surface area contributed by atoms with Crippen LogP contribution in [-0.2, 0) is 13.5 Å². The van der Waals surface area contributed by atoms with Crippen LogP contribution in [0, 0.1) is 0 Å². The number of hydrogen-bond donors (Lipinski definition) is 1. The fraction of sp³-hybridized carbons (Fsp3) is 0.562. The van der Waals surface area contributed by atoms with Crippen LogP contribution in [0.5, 0.6) is 0 Å². The van der Waals surface area contributed by atoms with Gasteiger partial charge < -0.3 is 5.32 Å². The van der Waals surface area contributed by atoms with Crippen molar-refractivity contribution in [1.82, 2.24) is 15.1 Å². The Morgan fingerprint density at radius 2 is 2.05 bits per heavy atom. The van der Waals surface area contributed by atoms with Gasteiger partial charge in [-0.3, -0.25) is 4.68 Å². The van der Waals surface area contributed by atoms with Crippen LogP contribution in [0.1, 0.15) is 38.3 Å². The molecular formula is C16H25N3. The van der Waals surface area contributed by atoms with Crippen molar-refractivity contribution in [1.29, 1.82) is 0 Å². The Kier molecular flexibility index (Phi) is 4.97. The van der Waals surface area contributed by atoms with E-state index in [1.165, 1.54) is 42.3 Å². The van der Waals surface area contributed by atoms with Crippen LogP contribution in [0.2, 0.25) is 0 Å². The van der Waals surface area contributed by atoms with E-state index in [-0.39, 0.29) is 0 Å². The lowest BCUT2D eigenvalue weighted by Crippen LogP contribution is -2.27. The molecular weight excluding hydrogens is 234 g/mol. The number of nitrogens with zero attached hydrogens (tertiary/aromatic N) is 2. The van der Waals surface area contributed by atoms with E-state index in [1.807, 2.05) is 11.7 Å². The lowest BCUT2D eigenvalue weighted by molar-refractivity contribution is 0.485. The van der Waals surface area contributed by atoms with Crippen molar-refractivity contribution in [3.8, 4) is 0 Å². The zero-order chi connectivity index (χ0) is 13.7. The standard InChI is InChI=1S/C16H25N3/c1-4-5-6-9-13(17-2)12-15-14-10-7-8-11-16(14)19(3)18-15/h7-8,10-11,13,17H,4-6,9,12H2,1-3H3. The number of aryl methyl sites for hydroxylation is 1. The summed E-state index contributed by atoms with van der Waals surface area (Å²) in [5, 5.41) is 9.41. The van der Waals surface area contributed by atoms with Gasteiger partial charge in [-0.15, -0.1) is 0 Å². The summed E-state index contributed by atoms with van der Waals surface area (Å²) in [7, 11) is 4.08. The van der Waals surface area contributed by atoms with Gasteiger partial charge in [-0.1, -0.05) is 44.4 Å². The normalized spacial score (nSPS) is 13.0. The van der Waals surface area contributed by atoms with Crippen molar-refractivity contribution in [3.63, 3.8) is 0 Å². The molecule has 0 saturated heterocycles. The van der Waals surface area contributed by atoms with E-state index in [9.17, 15) is 0 Å². The Hall–Kier alpha value is -1.35. The minimum Gasteiger partial charge on any atom is -0.317 e. The van der Waals surface area contributed by atoms with Crippen LogP contribution < -0.4 is 5.32 Å². The molecule has 0 aliphatic carbocycles. The van der Waals surface area contributed by atoms with Gasteiger partial charge in [0.05, 0.1) is 11.2 Å². The molecule has 0 aliphatic heterocycles. The molecule has 1 atom stereocenters. The third-order valence-corrected chi connectivity index (χ3v) is 3.84. The molecule has 1 N–H and O–H groups in total. The number of unbranched alkanes of at least 4 members (excludes halogenated alkanes) is 2. The molecule has 19 heavy (non-hydrogen) atoms. The van der Waals surface area contributed by atoms with Gasteiger partial charge in [0, 0.05) is 24.9 Å². The summed E-state index contributed by atoms with van der Waals surface area (Å²) in [5.74, 6) is 0. The number of benzene rings is 1. The SMILES string of the molecule is CCCCCC(Cc1nn(C)c2ccccc12)NC. The number of aromatic nitrogens is 2. The highest BCUT2D eigenvalue weighted by atomic mass is 15.3. The lowest BCUT2D eigenvalue weighted by atomic mass is 10.0. The molecule has 2 aromatic rings. The number of likely N-dealkylation sites (N-methyl/N-ethyl adjacent to an activating group) is 1. The first-order valence-electron chi connectivity index (χ1n) is 7.34. The van der Waals surface area contributed by atoms with Gasteiger partial charge in [0.1, 0.15) is 0 Å². The second kappa shape index (κ2) is 6.71. The molecule has 0 saturated carbocycles. The average Bonchev–Trinajstić information content (AvgIpc) is 2.75. The second-order valence-electron chi connectivity index (χ2n) is 5.27. The quantitative estimate of drug-likeness (QED) is 0.773. The third-order valence-electron chi connectivity index (χ3n) is 3.84. The minimum atomic E-state index is 0.532. The van der Waals surface area contributed by atoms with E-state index in [4.69, 9.17) is 0 Å². The second-order valence-corrected chi connectivity index (χ2v) is 5.27. The predicted molar refractivity (Wildman–Crippen MR) is 81.4 cm³/mol. The van der Waals surface area contributed by atoms with Gasteiger partial charge in [-0.05, 0) is 19.5 Å². The number of nitrogens with one attached hydrogen (secondary N) is 1. The Bertz CT molecular complexity index is 516. The van der Waals surface area contributed by atoms with E-state index in [0.29, 0.717) is 6.04 Å². The van der Waals surface area contributed by atoms with Crippen molar-refractivity contribution in [2.45, 2.75) is 45.1 Å². The molecule has 1 unspecified atom stereocenters. The third kappa shape index (κ3) is 3.35. The van der Waals surface area contributed by atoms with Crippen molar-refractivity contribution in [2.75, 3.05) is 7.05 Å². The van der Waals surface area contributed by atoms with Crippen molar-refractivity contribution >= 4 is 10.9 Å². The molecule has 0 spiro atoms. The maximum atomic E-state index is 4.68. The Morgan fingerprint density at radius 1 is 1.26 bits per heavy atom. The highest BCUT2D eigenvalue weighted by molar-refractivity contribution is 5.81. The predicted octanol–water partition coefficient (Wildman–Crippen LogP) is 3.28. The maximum absolute atomic E-state index is 4.68. The molecule has 1 aromatic heterocycles. The van der Waals surface area contributed by atoms with Crippen LogP contribution in [0.4, 0.5) is 0 Å². The van der Waals surface area contributed by atoms with Gasteiger partial charge >= 0.3 is 0 Å².